The molecule has 5 nitrogen and oxygen atoms in total. The van der Waals surface area contributed by atoms with Crippen molar-refractivity contribution in [2.45, 2.75) is 31.9 Å². The highest BCUT2D eigenvalue weighted by molar-refractivity contribution is 5.88. The second kappa shape index (κ2) is 3.06. The molecule has 5 heteroatoms. The molecule has 0 unspecified atom stereocenters. The molecule has 3 rings (SSSR count). The molecule has 0 radical (unpaired) electrons. The van der Waals surface area contributed by atoms with Gasteiger partial charge in [-0.3, -0.25) is 4.68 Å². The Labute approximate surface area is 86.7 Å². The SMILES string of the molecule is O=C(O)c1c2c(nn1C1CC1)COCC2. The molecule has 0 spiro atoms. The Morgan fingerprint density at radius 1 is 1.53 bits per heavy atom. The standard InChI is InChI=1S/C10H12N2O3/c13-10(14)9-7-3-4-15-5-8(7)11-12(9)6-1-2-6/h6H,1-5H2,(H,13,14). The number of carboxylic acids is 1. The van der Waals surface area contributed by atoms with Crippen LogP contribution in [0.1, 0.15) is 40.6 Å². The van der Waals surface area contributed by atoms with Gasteiger partial charge in [0.1, 0.15) is 5.69 Å². The van der Waals surface area contributed by atoms with Gasteiger partial charge in [0.05, 0.1) is 24.9 Å². The summed E-state index contributed by atoms with van der Waals surface area (Å²) in [6, 6.07) is 0.307. The van der Waals surface area contributed by atoms with E-state index < -0.39 is 5.97 Å². The van der Waals surface area contributed by atoms with Gasteiger partial charge in [-0.15, -0.1) is 0 Å². The van der Waals surface area contributed by atoms with E-state index in [4.69, 9.17) is 4.74 Å². The summed E-state index contributed by atoms with van der Waals surface area (Å²) in [5.41, 5.74) is 2.07. The third kappa shape index (κ3) is 1.34. The lowest BCUT2D eigenvalue weighted by Crippen LogP contribution is -2.13. The Bertz CT molecular complexity index is 421. The van der Waals surface area contributed by atoms with Crippen molar-refractivity contribution < 1.29 is 14.6 Å². The van der Waals surface area contributed by atoms with Gasteiger partial charge in [-0.1, -0.05) is 0 Å². The predicted molar refractivity (Wildman–Crippen MR) is 50.8 cm³/mol. The monoisotopic (exact) mass is 208 g/mol. The number of hydrogen-bond acceptors (Lipinski definition) is 3. The third-order valence-electron chi connectivity index (χ3n) is 2.92. The second-order valence-corrected chi connectivity index (χ2v) is 4.06. The van der Waals surface area contributed by atoms with Crippen molar-refractivity contribution in [2.24, 2.45) is 0 Å². The average molecular weight is 208 g/mol. The highest BCUT2D eigenvalue weighted by atomic mass is 16.5. The molecule has 0 amide bonds. The quantitative estimate of drug-likeness (QED) is 0.787. The summed E-state index contributed by atoms with van der Waals surface area (Å²) in [6.45, 7) is 1.05. The molecule has 1 aliphatic carbocycles. The smallest absolute Gasteiger partial charge is 0.354 e. The van der Waals surface area contributed by atoms with Gasteiger partial charge >= 0.3 is 5.97 Å². The van der Waals surface area contributed by atoms with Crippen LogP contribution in [0.15, 0.2) is 0 Å². The average Bonchev–Trinajstić information content (AvgIpc) is 2.98. The van der Waals surface area contributed by atoms with Crippen molar-refractivity contribution in [3.63, 3.8) is 0 Å². The first-order valence-electron chi connectivity index (χ1n) is 5.18. The van der Waals surface area contributed by atoms with Gasteiger partial charge < -0.3 is 9.84 Å². The van der Waals surface area contributed by atoms with Crippen molar-refractivity contribution in [1.29, 1.82) is 0 Å². The number of rotatable bonds is 2. The van der Waals surface area contributed by atoms with Gasteiger partial charge in [-0.25, -0.2) is 4.79 Å². The molecule has 2 heterocycles. The molecule has 1 saturated carbocycles. The topological polar surface area (TPSA) is 64.3 Å². The lowest BCUT2D eigenvalue weighted by molar-refractivity contribution is 0.0679. The second-order valence-electron chi connectivity index (χ2n) is 4.06. The van der Waals surface area contributed by atoms with E-state index in [1.165, 1.54) is 0 Å². The summed E-state index contributed by atoms with van der Waals surface area (Å²) in [7, 11) is 0. The maximum Gasteiger partial charge on any atom is 0.354 e. The van der Waals surface area contributed by atoms with Gasteiger partial charge in [-0.05, 0) is 12.8 Å². The number of carbonyl (C=O) groups is 1. The predicted octanol–water partition coefficient (Wildman–Crippen LogP) is 0.989. The minimum absolute atomic E-state index is 0.307. The zero-order valence-corrected chi connectivity index (χ0v) is 8.27. The largest absolute Gasteiger partial charge is 0.477 e. The van der Waals surface area contributed by atoms with Crippen LogP contribution in [0, 0.1) is 0 Å². The fourth-order valence-corrected chi connectivity index (χ4v) is 2.05. The molecule has 0 saturated heterocycles. The molecule has 1 aromatic heterocycles. The molecule has 1 fully saturated rings. The van der Waals surface area contributed by atoms with E-state index >= 15 is 0 Å². The van der Waals surface area contributed by atoms with Crippen LogP contribution in [-0.4, -0.2) is 27.5 Å². The van der Waals surface area contributed by atoms with Gasteiger partial charge in [-0.2, -0.15) is 5.10 Å². The zero-order chi connectivity index (χ0) is 10.4. The van der Waals surface area contributed by atoms with Crippen LogP contribution in [0.3, 0.4) is 0 Å². The van der Waals surface area contributed by atoms with Crippen molar-refractivity contribution >= 4 is 5.97 Å². The first-order valence-corrected chi connectivity index (χ1v) is 5.18. The van der Waals surface area contributed by atoms with Crippen LogP contribution in [0.5, 0.6) is 0 Å². The minimum atomic E-state index is -0.863. The molecule has 0 atom stereocenters. The van der Waals surface area contributed by atoms with E-state index in [9.17, 15) is 9.90 Å². The lowest BCUT2D eigenvalue weighted by atomic mass is 10.1. The van der Waals surface area contributed by atoms with E-state index in [1.54, 1.807) is 4.68 Å². The highest BCUT2D eigenvalue weighted by Gasteiger charge is 2.33. The van der Waals surface area contributed by atoms with E-state index in [0.717, 1.165) is 24.1 Å². The Morgan fingerprint density at radius 2 is 2.33 bits per heavy atom. The normalized spacial score (nSPS) is 20.0. The number of aromatic nitrogens is 2. The summed E-state index contributed by atoms with van der Waals surface area (Å²) >= 11 is 0. The molecule has 2 aliphatic rings. The molecule has 1 N–H and O–H groups in total. The Balaban J connectivity index is 2.13. The number of aromatic carboxylic acids is 1. The number of nitrogens with zero attached hydrogens (tertiary/aromatic N) is 2. The first-order chi connectivity index (χ1) is 7.27. The van der Waals surface area contributed by atoms with Crippen molar-refractivity contribution in [3.8, 4) is 0 Å². The maximum absolute atomic E-state index is 11.2. The van der Waals surface area contributed by atoms with Gasteiger partial charge in [0.15, 0.2) is 0 Å². The number of carboxylic acid groups (broad SMARTS) is 1. The van der Waals surface area contributed by atoms with Gasteiger partial charge in [0.2, 0.25) is 0 Å². The van der Waals surface area contributed by atoms with Crippen LogP contribution in [0.2, 0.25) is 0 Å². The number of hydrogen-bond donors (Lipinski definition) is 1. The van der Waals surface area contributed by atoms with Crippen LogP contribution in [-0.2, 0) is 17.8 Å². The van der Waals surface area contributed by atoms with E-state index in [-0.39, 0.29) is 0 Å². The fourth-order valence-electron chi connectivity index (χ4n) is 2.05. The van der Waals surface area contributed by atoms with Crippen LogP contribution < -0.4 is 0 Å². The summed E-state index contributed by atoms with van der Waals surface area (Å²) in [5, 5.41) is 13.5. The van der Waals surface area contributed by atoms with Crippen LogP contribution >= 0.6 is 0 Å². The summed E-state index contributed by atoms with van der Waals surface area (Å²) < 4.78 is 6.96. The zero-order valence-electron chi connectivity index (χ0n) is 8.27. The van der Waals surface area contributed by atoms with Crippen LogP contribution in [0.4, 0.5) is 0 Å². The number of fused-ring (bicyclic) bond motifs is 1. The molecule has 1 aromatic rings. The van der Waals surface area contributed by atoms with Crippen molar-refractivity contribution in [1.82, 2.24) is 9.78 Å². The summed E-state index contributed by atoms with van der Waals surface area (Å²) in [5.74, 6) is -0.863. The van der Waals surface area contributed by atoms with Gasteiger partial charge in [0.25, 0.3) is 0 Å². The lowest BCUT2D eigenvalue weighted by Gasteiger charge is -2.10. The van der Waals surface area contributed by atoms with E-state index in [1.807, 2.05) is 0 Å². The molecule has 15 heavy (non-hydrogen) atoms. The Kier molecular flexibility index (Phi) is 1.82. The molecule has 0 aromatic carbocycles. The summed E-state index contributed by atoms with van der Waals surface area (Å²) in [6.07, 6.45) is 2.76. The highest BCUT2D eigenvalue weighted by Crippen LogP contribution is 2.37. The van der Waals surface area contributed by atoms with Crippen molar-refractivity contribution in [2.75, 3.05) is 6.61 Å². The van der Waals surface area contributed by atoms with Gasteiger partial charge in [0, 0.05) is 12.0 Å². The molecular formula is C10H12N2O3. The fraction of sp³-hybridized carbons (Fsp3) is 0.600. The van der Waals surface area contributed by atoms with E-state index in [2.05, 4.69) is 5.10 Å². The molecule has 0 bridgehead atoms. The van der Waals surface area contributed by atoms with E-state index in [0.29, 0.717) is 31.4 Å². The van der Waals surface area contributed by atoms with Crippen molar-refractivity contribution in [3.05, 3.63) is 17.0 Å². The Morgan fingerprint density at radius 3 is 3.00 bits per heavy atom. The number of ether oxygens (including phenoxy) is 1. The summed E-state index contributed by atoms with van der Waals surface area (Å²) in [4.78, 5) is 11.2. The molecule has 80 valence electrons. The minimum Gasteiger partial charge on any atom is -0.477 e. The first kappa shape index (κ1) is 8.91. The Hall–Kier alpha value is -1.36. The third-order valence-corrected chi connectivity index (χ3v) is 2.92. The molecular weight excluding hydrogens is 196 g/mol. The molecule has 1 aliphatic heterocycles. The maximum atomic E-state index is 11.2. The van der Waals surface area contributed by atoms with Crippen LogP contribution in [0.25, 0.3) is 0 Å².